The Kier molecular flexibility index (Phi) is 6.06. The third-order valence-corrected chi connectivity index (χ3v) is 7.36. The van der Waals surface area contributed by atoms with E-state index in [4.69, 9.17) is 4.74 Å². The molecule has 2 heterocycles. The first-order valence-electron chi connectivity index (χ1n) is 10.3. The van der Waals surface area contributed by atoms with Gasteiger partial charge in [0.1, 0.15) is 18.2 Å². The Morgan fingerprint density at radius 3 is 2.61 bits per heavy atom. The van der Waals surface area contributed by atoms with Crippen molar-refractivity contribution in [1.82, 2.24) is 13.9 Å². The van der Waals surface area contributed by atoms with E-state index in [1.807, 2.05) is 11.5 Å². The van der Waals surface area contributed by atoms with Gasteiger partial charge >= 0.3 is 5.97 Å². The topological polar surface area (TPSA) is 81.5 Å². The number of fused-ring (bicyclic) bond motifs is 1. The molecule has 7 nitrogen and oxygen atoms in total. The lowest BCUT2D eigenvalue weighted by Gasteiger charge is -2.25. The van der Waals surface area contributed by atoms with Crippen molar-refractivity contribution in [2.75, 3.05) is 13.1 Å². The summed E-state index contributed by atoms with van der Waals surface area (Å²) >= 11 is 0. The first-order valence-corrected chi connectivity index (χ1v) is 11.8. The van der Waals surface area contributed by atoms with Crippen LogP contribution < -0.4 is 0 Å². The quantitative estimate of drug-likeness (QED) is 0.540. The van der Waals surface area contributed by atoms with E-state index in [1.54, 1.807) is 18.2 Å². The number of hydrogen-bond donors (Lipinski definition) is 0. The SMILES string of the molecule is CCn1c(COC(=O)c2cccc(F)c2)nc2cc(S(=O)(=O)N3CCCCC3)ccc21. The third-order valence-electron chi connectivity index (χ3n) is 5.46. The van der Waals surface area contributed by atoms with Crippen molar-refractivity contribution in [3.8, 4) is 0 Å². The fraction of sp³-hybridized carbons (Fsp3) is 0.364. The van der Waals surface area contributed by atoms with Crippen LogP contribution in [0.2, 0.25) is 0 Å². The van der Waals surface area contributed by atoms with Crippen molar-refractivity contribution in [2.45, 2.75) is 44.2 Å². The minimum absolute atomic E-state index is 0.105. The number of benzene rings is 2. The molecule has 0 aliphatic carbocycles. The zero-order valence-corrected chi connectivity index (χ0v) is 18.1. The number of hydrogen-bond acceptors (Lipinski definition) is 5. The van der Waals surface area contributed by atoms with Gasteiger partial charge in [0.05, 0.1) is 21.5 Å². The Morgan fingerprint density at radius 1 is 1.13 bits per heavy atom. The minimum atomic E-state index is -3.57. The van der Waals surface area contributed by atoms with Gasteiger partial charge in [0, 0.05) is 19.6 Å². The van der Waals surface area contributed by atoms with Gasteiger partial charge in [-0.1, -0.05) is 12.5 Å². The number of esters is 1. The van der Waals surface area contributed by atoms with E-state index in [0.29, 0.717) is 31.0 Å². The van der Waals surface area contributed by atoms with Gasteiger partial charge in [-0.25, -0.2) is 22.6 Å². The van der Waals surface area contributed by atoms with Crippen LogP contribution in [-0.2, 0) is 27.9 Å². The first kappa shape index (κ1) is 21.5. The number of sulfonamides is 1. The van der Waals surface area contributed by atoms with Crippen LogP contribution in [0, 0.1) is 5.82 Å². The molecule has 1 fully saturated rings. The van der Waals surface area contributed by atoms with Gasteiger partial charge < -0.3 is 9.30 Å². The molecule has 1 aliphatic rings. The number of carbonyl (C=O) groups is 1. The van der Waals surface area contributed by atoms with E-state index in [-0.39, 0.29) is 17.1 Å². The van der Waals surface area contributed by atoms with Crippen LogP contribution in [0.5, 0.6) is 0 Å². The molecule has 0 N–H and O–H groups in total. The van der Waals surface area contributed by atoms with Crippen molar-refractivity contribution < 1.29 is 22.3 Å². The molecule has 4 rings (SSSR count). The van der Waals surface area contributed by atoms with Gasteiger partial charge in [-0.15, -0.1) is 0 Å². The standard InChI is InChI=1S/C22H24FN3O4S/c1-2-26-20-10-9-18(31(28,29)25-11-4-3-5-12-25)14-19(20)24-21(26)15-30-22(27)16-7-6-8-17(23)13-16/h6-10,13-14H,2-5,11-12,15H2,1H3. The molecule has 1 saturated heterocycles. The lowest BCUT2D eigenvalue weighted by Crippen LogP contribution is -2.35. The molecule has 9 heteroatoms. The average molecular weight is 446 g/mol. The van der Waals surface area contributed by atoms with Crippen molar-refractivity contribution in [1.29, 1.82) is 0 Å². The maximum Gasteiger partial charge on any atom is 0.338 e. The number of nitrogens with zero attached hydrogens (tertiary/aromatic N) is 3. The summed E-state index contributed by atoms with van der Waals surface area (Å²) in [6.45, 7) is 3.46. The third kappa shape index (κ3) is 4.33. The summed E-state index contributed by atoms with van der Waals surface area (Å²) in [5.41, 5.74) is 1.41. The molecule has 0 unspecified atom stereocenters. The zero-order chi connectivity index (χ0) is 22.0. The molecule has 164 valence electrons. The second kappa shape index (κ2) is 8.76. The number of carbonyl (C=O) groups excluding carboxylic acids is 1. The fourth-order valence-corrected chi connectivity index (χ4v) is 5.40. The average Bonchev–Trinajstić information content (AvgIpc) is 3.14. The van der Waals surface area contributed by atoms with E-state index in [1.165, 1.54) is 22.5 Å². The van der Waals surface area contributed by atoms with Crippen LogP contribution in [0.4, 0.5) is 4.39 Å². The predicted octanol–water partition coefficient (Wildman–Crippen LogP) is 3.73. The molecule has 2 aromatic carbocycles. The number of halogens is 1. The number of aryl methyl sites for hydroxylation is 1. The van der Waals surface area contributed by atoms with Crippen molar-refractivity contribution in [3.63, 3.8) is 0 Å². The largest absolute Gasteiger partial charge is 0.454 e. The van der Waals surface area contributed by atoms with Crippen LogP contribution in [0.3, 0.4) is 0 Å². The predicted molar refractivity (Wildman–Crippen MR) is 114 cm³/mol. The van der Waals surface area contributed by atoms with E-state index in [0.717, 1.165) is 30.8 Å². The highest BCUT2D eigenvalue weighted by Crippen LogP contribution is 2.25. The van der Waals surface area contributed by atoms with Crippen molar-refractivity contribution >= 4 is 27.0 Å². The number of rotatable bonds is 6. The number of piperidine rings is 1. The fourth-order valence-electron chi connectivity index (χ4n) is 3.87. The number of imidazole rings is 1. The normalized spacial score (nSPS) is 15.3. The van der Waals surface area contributed by atoms with Gasteiger partial charge in [-0.2, -0.15) is 4.31 Å². The highest BCUT2D eigenvalue weighted by molar-refractivity contribution is 7.89. The summed E-state index contributed by atoms with van der Waals surface area (Å²) in [6.07, 6.45) is 2.78. The number of aromatic nitrogens is 2. The second-order valence-electron chi connectivity index (χ2n) is 7.47. The lowest BCUT2D eigenvalue weighted by atomic mass is 10.2. The molecule has 0 amide bonds. The molecule has 1 aromatic heterocycles. The molecule has 0 radical (unpaired) electrons. The van der Waals surface area contributed by atoms with E-state index >= 15 is 0 Å². The molecular formula is C22H24FN3O4S. The highest BCUT2D eigenvalue weighted by Gasteiger charge is 2.26. The molecule has 31 heavy (non-hydrogen) atoms. The van der Waals surface area contributed by atoms with Gasteiger partial charge in [0.2, 0.25) is 10.0 Å². The highest BCUT2D eigenvalue weighted by atomic mass is 32.2. The first-order chi connectivity index (χ1) is 14.9. The van der Waals surface area contributed by atoms with Gasteiger partial charge in [-0.05, 0) is 56.2 Å². The maximum absolute atomic E-state index is 13.3. The molecular weight excluding hydrogens is 421 g/mol. The van der Waals surface area contributed by atoms with E-state index in [2.05, 4.69) is 4.98 Å². The Bertz CT molecular complexity index is 1220. The van der Waals surface area contributed by atoms with Crippen LogP contribution in [0.1, 0.15) is 42.4 Å². The Hall–Kier alpha value is -2.78. The van der Waals surface area contributed by atoms with Crippen molar-refractivity contribution in [2.24, 2.45) is 0 Å². The maximum atomic E-state index is 13.3. The lowest BCUT2D eigenvalue weighted by molar-refractivity contribution is 0.0458. The smallest absolute Gasteiger partial charge is 0.338 e. The van der Waals surface area contributed by atoms with Crippen LogP contribution in [-0.4, -0.2) is 41.3 Å². The number of ether oxygens (including phenoxy) is 1. The van der Waals surface area contributed by atoms with E-state index < -0.39 is 21.8 Å². The minimum Gasteiger partial charge on any atom is -0.454 e. The molecule has 3 aromatic rings. The van der Waals surface area contributed by atoms with Gasteiger partial charge in [-0.3, -0.25) is 0 Å². The van der Waals surface area contributed by atoms with Crippen LogP contribution >= 0.6 is 0 Å². The zero-order valence-electron chi connectivity index (χ0n) is 17.3. The Morgan fingerprint density at radius 2 is 1.90 bits per heavy atom. The summed E-state index contributed by atoms with van der Waals surface area (Å²) in [5.74, 6) is -0.671. The van der Waals surface area contributed by atoms with Crippen molar-refractivity contribution in [3.05, 3.63) is 59.7 Å². The molecule has 0 saturated carbocycles. The Labute approximate surface area is 180 Å². The van der Waals surface area contributed by atoms with Crippen LogP contribution in [0.15, 0.2) is 47.4 Å². The van der Waals surface area contributed by atoms with Gasteiger partial charge in [0.15, 0.2) is 0 Å². The second-order valence-corrected chi connectivity index (χ2v) is 9.41. The van der Waals surface area contributed by atoms with Crippen LogP contribution in [0.25, 0.3) is 11.0 Å². The summed E-state index contributed by atoms with van der Waals surface area (Å²) in [7, 11) is -3.57. The molecule has 0 spiro atoms. The molecule has 1 aliphatic heterocycles. The summed E-state index contributed by atoms with van der Waals surface area (Å²) in [5, 5.41) is 0. The summed E-state index contributed by atoms with van der Waals surface area (Å²) in [4.78, 5) is 17.0. The van der Waals surface area contributed by atoms with E-state index in [9.17, 15) is 17.6 Å². The monoisotopic (exact) mass is 445 g/mol. The molecule has 0 atom stereocenters. The Balaban J connectivity index is 1.59. The van der Waals surface area contributed by atoms with Gasteiger partial charge in [0.25, 0.3) is 0 Å². The summed E-state index contributed by atoms with van der Waals surface area (Å²) < 4.78 is 48.0. The molecule has 0 bridgehead atoms. The summed E-state index contributed by atoms with van der Waals surface area (Å²) in [6, 6.07) is 10.2.